The lowest BCUT2D eigenvalue weighted by Gasteiger charge is -2.51. The Balaban J connectivity index is 2.72. The second-order valence-electron chi connectivity index (χ2n) is 6.87. The summed E-state index contributed by atoms with van der Waals surface area (Å²) in [5.74, 6) is 0. The third-order valence-corrected chi connectivity index (χ3v) is 3.57. The molecule has 2 N–H and O–H groups in total. The Labute approximate surface area is 101 Å². The highest BCUT2D eigenvalue weighted by molar-refractivity contribution is 4.93. The smallest absolute Gasteiger partial charge is 0.0351 e. The van der Waals surface area contributed by atoms with Crippen LogP contribution in [-0.4, -0.2) is 53.1 Å². The van der Waals surface area contributed by atoms with E-state index in [2.05, 4.69) is 51.3 Å². The highest BCUT2D eigenvalue weighted by atomic mass is 15.3. The molecule has 96 valence electrons. The van der Waals surface area contributed by atoms with Crippen LogP contribution in [0.3, 0.4) is 0 Å². The third kappa shape index (κ3) is 3.19. The summed E-state index contributed by atoms with van der Waals surface area (Å²) < 4.78 is 0. The minimum Gasteiger partial charge on any atom is -0.329 e. The predicted molar refractivity (Wildman–Crippen MR) is 70.6 cm³/mol. The van der Waals surface area contributed by atoms with E-state index in [4.69, 9.17) is 5.73 Å². The van der Waals surface area contributed by atoms with Crippen LogP contribution in [0.2, 0.25) is 0 Å². The highest BCUT2D eigenvalue weighted by Crippen LogP contribution is 2.24. The first kappa shape index (κ1) is 13.9. The summed E-state index contributed by atoms with van der Waals surface area (Å²) in [7, 11) is 0. The second-order valence-corrected chi connectivity index (χ2v) is 6.87. The molecular weight excluding hydrogens is 198 g/mol. The fourth-order valence-electron chi connectivity index (χ4n) is 2.55. The fourth-order valence-corrected chi connectivity index (χ4v) is 2.55. The Kier molecular flexibility index (Phi) is 4.04. The molecular formula is C13H29N3. The standard InChI is InChI=1S/C13H29N3/c1-12(2,3)15-7-8-16(13(4,5)6)11(9-14)10-15/h11H,7-10,14H2,1-6H3/t11-/m1/s1. The topological polar surface area (TPSA) is 32.5 Å². The maximum absolute atomic E-state index is 5.93. The minimum absolute atomic E-state index is 0.230. The summed E-state index contributed by atoms with van der Waals surface area (Å²) in [6.07, 6.45) is 0. The molecule has 0 bridgehead atoms. The molecule has 16 heavy (non-hydrogen) atoms. The quantitative estimate of drug-likeness (QED) is 0.737. The van der Waals surface area contributed by atoms with E-state index in [0.29, 0.717) is 6.04 Å². The van der Waals surface area contributed by atoms with Crippen molar-refractivity contribution in [2.75, 3.05) is 26.2 Å². The Morgan fingerprint density at radius 1 is 1.00 bits per heavy atom. The maximum Gasteiger partial charge on any atom is 0.0351 e. The van der Waals surface area contributed by atoms with Gasteiger partial charge < -0.3 is 5.73 Å². The minimum atomic E-state index is 0.230. The summed E-state index contributed by atoms with van der Waals surface area (Å²) in [6.45, 7) is 17.8. The molecule has 1 aliphatic rings. The van der Waals surface area contributed by atoms with Gasteiger partial charge in [-0.1, -0.05) is 0 Å². The molecule has 0 unspecified atom stereocenters. The highest BCUT2D eigenvalue weighted by Gasteiger charge is 2.36. The van der Waals surface area contributed by atoms with Gasteiger partial charge >= 0.3 is 0 Å². The van der Waals surface area contributed by atoms with E-state index in [1.165, 1.54) is 0 Å². The summed E-state index contributed by atoms with van der Waals surface area (Å²) in [5, 5.41) is 0. The number of hydrogen-bond acceptors (Lipinski definition) is 3. The van der Waals surface area contributed by atoms with Crippen LogP contribution < -0.4 is 5.73 Å². The number of nitrogens with two attached hydrogens (primary N) is 1. The molecule has 0 spiro atoms. The summed E-state index contributed by atoms with van der Waals surface area (Å²) in [6, 6.07) is 0.493. The van der Waals surface area contributed by atoms with E-state index < -0.39 is 0 Å². The average molecular weight is 227 g/mol. The van der Waals surface area contributed by atoms with Gasteiger partial charge in [-0.05, 0) is 41.5 Å². The van der Waals surface area contributed by atoms with Gasteiger partial charge in [-0.25, -0.2) is 0 Å². The van der Waals surface area contributed by atoms with Crippen molar-refractivity contribution < 1.29 is 0 Å². The van der Waals surface area contributed by atoms with Crippen molar-refractivity contribution in [1.82, 2.24) is 9.80 Å². The first-order chi connectivity index (χ1) is 7.16. The zero-order chi connectivity index (χ0) is 12.6. The third-order valence-electron chi connectivity index (χ3n) is 3.57. The van der Waals surface area contributed by atoms with Crippen LogP contribution in [0, 0.1) is 0 Å². The van der Waals surface area contributed by atoms with Crippen molar-refractivity contribution in [3.63, 3.8) is 0 Å². The fraction of sp³-hybridized carbons (Fsp3) is 1.00. The summed E-state index contributed by atoms with van der Waals surface area (Å²) in [5.41, 5.74) is 6.42. The van der Waals surface area contributed by atoms with Gasteiger partial charge in [0, 0.05) is 43.3 Å². The van der Waals surface area contributed by atoms with Crippen molar-refractivity contribution in [2.45, 2.75) is 58.7 Å². The molecule has 0 aromatic heterocycles. The van der Waals surface area contributed by atoms with Gasteiger partial charge in [0.1, 0.15) is 0 Å². The number of rotatable bonds is 1. The van der Waals surface area contributed by atoms with Crippen LogP contribution in [-0.2, 0) is 0 Å². The summed E-state index contributed by atoms with van der Waals surface area (Å²) in [4.78, 5) is 5.10. The second kappa shape index (κ2) is 4.63. The van der Waals surface area contributed by atoms with E-state index in [-0.39, 0.29) is 11.1 Å². The van der Waals surface area contributed by atoms with Gasteiger partial charge in [0.15, 0.2) is 0 Å². The summed E-state index contributed by atoms with van der Waals surface area (Å²) >= 11 is 0. The van der Waals surface area contributed by atoms with Gasteiger partial charge in [-0.15, -0.1) is 0 Å². The van der Waals surface area contributed by atoms with Crippen LogP contribution >= 0.6 is 0 Å². The van der Waals surface area contributed by atoms with Gasteiger partial charge in [-0.2, -0.15) is 0 Å². The van der Waals surface area contributed by atoms with E-state index in [9.17, 15) is 0 Å². The molecule has 0 saturated carbocycles. The van der Waals surface area contributed by atoms with Gasteiger partial charge in [-0.3, -0.25) is 9.80 Å². The largest absolute Gasteiger partial charge is 0.329 e. The molecule has 0 aliphatic carbocycles. The lowest BCUT2D eigenvalue weighted by atomic mass is 9.97. The van der Waals surface area contributed by atoms with Crippen LogP contribution in [0.25, 0.3) is 0 Å². The first-order valence-corrected chi connectivity index (χ1v) is 6.38. The molecule has 1 atom stereocenters. The van der Waals surface area contributed by atoms with E-state index in [1.807, 2.05) is 0 Å². The molecule has 1 aliphatic heterocycles. The van der Waals surface area contributed by atoms with E-state index in [0.717, 1.165) is 26.2 Å². The van der Waals surface area contributed by atoms with Gasteiger partial charge in [0.25, 0.3) is 0 Å². The molecule has 1 fully saturated rings. The van der Waals surface area contributed by atoms with Gasteiger partial charge in [0.05, 0.1) is 0 Å². The first-order valence-electron chi connectivity index (χ1n) is 6.38. The van der Waals surface area contributed by atoms with Crippen molar-refractivity contribution in [3.05, 3.63) is 0 Å². The number of piperazine rings is 1. The molecule has 0 amide bonds. The Morgan fingerprint density at radius 3 is 1.94 bits per heavy atom. The molecule has 1 rings (SSSR count). The Bertz CT molecular complexity index is 224. The van der Waals surface area contributed by atoms with Crippen molar-refractivity contribution in [1.29, 1.82) is 0 Å². The van der Waals surface area contributed by atoms with E-state index in [1.54, 1.807) is 0 Å². The molecule has 1 heterocycles. The number of nitrogens with zero attached hydrogens (tertiary/aromatic N) is 2. The average Bonchev–Trinajstić information content (AvgIpc) is 2.14. The predicted octanol–water partition coefficient (Wildman–Crippen LogP) is 1.53. The normalized spacial score (nSPS) is 26.1. The molecule has 3 nitrogen and oxygen atoms in total. The van der Waals surface area contributed by atoms with Gasteiger partial charge in [0.2, 0.25) is 0 Å². The van der Waals surface area contributed by atoms with Crippen molar-refractivity contribution >= 4 is 0 Å². The molecule has 0 radical (unpaired) electrons. The van der Waals surface area contributed by atoms with Crippen LogP contribution in [0.4, 0.5) is 0 Å². The molecule has 0 aromatic rings. The lowest BCUT2D eigenvalue weighted by molar-refractivity contribution is -0.0186. The van der Waals surface area contributed by atoms with E-state index >= 15 is 0 Å². The molecule has 3 heteroatoms. The lowest BCUT2D eigenvalue weighted by Crippen LogP contribution is -2.64. The van der Waals surface area contributed by atoms with Crippen LogP contribution in [0.15, 0.2) is 0 Å². The van der Waals surface area contributed by atoms with Crippen molar-refractivity contribution in [3.8, 4) is 0 Å². The zero-order valence-corrected chi connectivity index (χ0v) is 11.9. The van der Waals surface area contributed by atoms with Crippen molar-refractivity contribution in [2.24, 2.45) is 5.73 Å². The molecule has 0 aromatic carbocycles. The Hall–Kier alpha value is -0.120. The number of hydrogen-bond donors (Lipinski definition) is 1. The zero-order valence-electron chi connectivity index (χ0n) is 11.9. The Morgan fingerprint density at radius 2 is 1.56 bits per heavy atom. The maximum atomic E-state index is 5.93. The monoisotopic (exact) mass is 227 g/mol. The van der Waals surface area contributed by atoms with Crippen LogP contribution in [0.5, 0.6) is 0 Å². The van der Waals surface area contributed by atoms with Crippen LogP contribution in [0.1, 0.15) is 41.5 Å². The SMILES string of the molecule is CC(C)(C)N1CCN(C(C)(C)C)[C@H](CN)C1. The molecule has 1 saturated heterocycles.